The van der Waals surface area contributed by atoms with Crippen LogP contribution < -0.4 is 10.5 Å². The molecule has 0 aliphatic rings. The van der Waals surface area contributed by atoms with Gasteiger partial charge in [0.1, 0.15) is 5.75 Å². The summed E-state index contributed by atoms with van der Waals surface area (Å²) in [6.45, 7) is 2.60. The fraction of sp³-hybridized carbons (Fsp3) is 0.300. The molecular formula is C10H14N2O. The summed E-state index contributed by atoms with van der Waals surface area (Å²) < 4.78 is 5.32. The molecule has 0 heterocycles. The third-order valence-corrected chi connectivity index (χ3v) is 1.60. The van der Waals surface area contributed by atoms with Crippen molar-refractivity contribution in [1.29, 1.82) is 5.41 Å². The summed E-state index contributed by atoms with van der Waals surface area (Å²) in [7, 11) is 0. The molecule has 0 unspecified atom stereocenters. The summed E-state index contributed by atoms with van der Waals surface area (Å²) in [5, 5.41) is 7.14. The minimum Gasteiger partial charge on any atom is -0.494 e. The van der Waals surface area contributed by atoms with E-state index in [4.69, 9.17) is 15.9 Å². The van der Waals surface area contributed by atoms with E-state index < -0.39 is 0 Å². The van der Waals surface area contributed by atoms with E-state index in [0.29, 0.717) is 13.0 Å². The molecule has 13 heavy (non-hydrogen) atoms. The van der Waals surface area contributed by atoms with E-state index >= 15 is 0 Å². The van der Waals surface area contributed by atoms with Crippen LogP contribution in [0.5, 0.6) is 5.75 Å². The maximum Gasteiger partial charge on any atom is 0.119 e. The standard InChI is InChI=1S/C10H14N2O/c1-2-13-9-5-3-4-8(6-9)7-10(11)12/h3-6H,2,7H2,1H3,(H3,11,12). The molecule has 1 aromatic carbocycles. The molecule has 1 rings (SSSR count). The van der Waals surface area contributed by atoms with E-state index in [9.17, 15) is 0 Å². The van der Waals surface area contributed by atoms with Crippen molar-refractivity contribution in [3.63, 3.8) is 0 Å². The van der Waals surface area contributed by atoms with Crippen molar-refractivity contribution in [3.05, 3.63) is 29.8 Å². The molecule has 0 radical (unpaired) electrons. The summed E-state index contributed by atoms with van der Waals surface area (Å²) in [5.74, 6) is 1.01. The Morgan fingerprint density at radius 3 is 2.92 bits per heavy atom. The van der Waals surface area contributed by atoms with Gasteiger partial charge in [-0.2, -0.15) is 0 Å². The lowest BCUT2D eigenvalue weighted by Gasteiger charge is -2.04. The minimum atomic E-state index is 0.175. The Kier molecular flexibility index (Phi) is 3.31. The monoisotopic (exact) mass is 178 g/mol. The van der Waals surface area contributed by atoms with Gasteiger partial charge in [0.15, 0.2) is 0 Å². The second-order valence-corrected chi connectivity index (χ2v) is 2.78. The molecule has 0 bridgehead atoms. The first-order valence-electron chi connectivity index (χ1n) is 4.27. The SMILES string of the molecule is CCOc1cccc(CC(=N)N)c1. The van der Waals surface area contributed by atoms with Crippen molar-refractivity contribution in [1.82, 2.24) is 0 Å². The van der Waals surface area contributed by atoms with Crippen LogP contribution in [-0.4, -0.2) is 12.4 Å². The smallest absolute Gasteiger partial charge is 0.119 e. The highest BCUT2D eigenvalue weighted by Gasteiger charge is 1.97. The average Bonchev–Trinajstić information content (AvgIpc) is 2.04. The van der Waals surface area contributed by atoms with Gasteiger partial charge in [0.05, 0.1) is 12.4 Å². The fourth-order valence-corrected chi connectivity index (χ4v) is 1.13. The molecular weight excluding hydrogens is 164 g/mol. The molecule has 3 nitrogen and oxygen atoms in total. The zero-order valence-corrected chi connectivity index (χ0v) is 7.71. The highest BCUT2D eigenvalue weighted by molar-refractivity contribution is 5.79. The van der Waals surface area contributed by atoms with Crippen molar-refractivity contribution in [3.8, 4) is 5.75 Å². The van der Waals surface area contributed by atoms with Crippen molar-refractivity contribution < 1.29 is 4.74 Å². The van der Waals surface area contributed by atoms with Gasteiger partial charge in [0.25, 0.3) is 0 Å². The molecule has 0 atom stereocenters. The lowest BCUT2D eigenvalue weighted by Crippen LogP contribution is -2.12. The summed E-state index contributed by atoms with van der Waals surface area (Å²) in [5.41, 5.74) is 6.30. The van der Waals surface area contributed by atoms with Crippen LogP contribution in [0.4, 0.5) is 0 Å². The van der Waals surface area contributed by atoms with E-state index in [1.54, 1.807) is 0 Å². The first-order valence-corrected chi connectivity index (χ1v) is 4.27. The predicted octanol–water partition coefficient (Wildman–Crippen LogP) is 1.56. The first-order chi connectivity index (χ1) is 6.22. The van der Waals surface area contributed by atoms with Gasteiger partial charge in [-0.15, -0.1) is 0 Å². The van der Waals surface area contributed by atoms with E-state index in [2.05, 4.69) is 0 Å². The average molecular weight is 178 g/mol. The van der Waals surface area contributed by atoms with Gasteiger partial charge in [-0.05, 0) is 24.6 Å². The Bertz CT molecular complexity index is 297. The molecule has 0 fully saturated rings. The number of nitrogens with one attached hydrogen (secondary N) is 1. The normalized spacial score (nSPS) is 9.62. The van der Waals surface area contributed by atoms with Crippen LogP contribution >= 0.6 is 0 Å². The Hall–Kier alpha value is -1.51. The maximum atomic E-state index is 7.14. The Balaban J connectivity index is 2.73. The zero-order chi connectivity index (χ0) is 9.68. The molecule has 3 N–H and O–H groups in total. The van der Waals surface area contributed by atoms with Gasteiger partial charge in [-0.3, -0.25) is 5.41 Å². The van der Waals surface area contributed by atoms with Gasteiger partial charge >= 0.3 is 0 Å². The van der Waals surface area contributed by atoms with Crippen LogP contribution in [0, 0.1) is 5.41 Å². The van der Waals surface area contributed by atoms with Gasteiger partial charge in [0, 0.05) is 6.42 Å². The van der Waals surface area contributed by atoms with Gasteiger partial charge in [-0.25, -0.2) is 0 Å². The summed E-state index contributed by atoms with van der Waals surface area (Å²) in [4.78, 5) is 0. The zero-order valence-electron chi connectivity index (χ0n) is 7.71. The number of hydrogen-bond acceptors (Lipinski definition) is 2. The molecule has 0 saturated heterocycles. The van der Waals surface area contributed by atoms with Crippen LogP contribution in [0.1, 0.15) is 12.5 Å². The quantitative estimate of drug-likeness (QED) is 0.543. The van der Waals surface area contributed by atoms with Gasteiger partial charge < -0.3 is 10.5 Å². The second-order valence-electron chi connectivity index (χ2n) is 2.78. The van der Waals surface area contributed by atoms with Crippen molar-refractivity contribution in [2.24, 2.45) is 5.73 Å². The summed E-state index contributed by atoms with van der Waals surface area (Å²) in [6, 6.07) is 7.64. The van der Waals surface area contributed by atoms with Crippen LogP contribution in [0.15, 0.2) is 24.3 Å². The molecule has 0 amide bonds. The lowest BCUT2D eigenvalue weighted by molar-refractivity contribution is 0.340. The van der Waals surface area contributed by atoms with Crippen LogP contribution in [0.2, 0.25) is 0 Å². The van der Waals surface area contributed by atoms with Crippen molar-refractivity contribution in [2.75, 3.05) is 6.61 Å². The number of ether oxygens (including phenoxy) is 1. The number of amidine groups is 1. The van der Waals surface area contributed by atoms with E-state index in [1.165, 1.54) is 0 Å². The molecule has 0 aromatic heterocycles. The molecule has 0 aliphatic carbocycles. The van der Waals surface area contributed by atoms with E-state index in [1.807, 2.05) is 31.2 Å². The van der Waals surface area contributed by atoms with Crippen LogP contribution in [0.25, 0.3) is 0 Å². The third kappa shape index (κ3) is 3.15. The molecule has 3 heteroatoms. The van der Waals surface area contributed by atoms with Crippen LogP contribution in [0.3, 0.4) is 0 Å². The Morgan fingerprint density at radius 1 is 1.54 bits per heavy atom. The third-order valence-electron chi connectivity index (χ3n) is 1.60. The number of rotatable bonds is 4. The molecule has 1 aromatic rings. The molecule has 0 spiro atoms. The van der Waals surface area contributed by atoms with E-state index in [-0.39, 0.29) is 5.84 Å². The largest absolute Gasteiger partial charge is 0.494 e. The highest BCUT2D eigenvalue weighted by Crippen LogP contribution is 2.13. The fourth-order valence-electron chi connectivity index (χ4n) is 1.13. The number of benzene rings is 1. The maximum absolute atomic E-state index is 7.14. The van der Waals surface area contributed by atoms with E-state index in [0.717, 1.165) is 11.3 Å². The molecule has 70 valence electrons. The summed E-state index contributed by atoms with van der Waals surface area (Å²) in [6.07, 6.45) is 0.487. The Morgan fingerprint density at radius 2 is 2.31 bits per heavy atom. The predicted molar refractivity (Wildman–Crippen MR) is 53.2 cm³/mol. The van der Waals surface area contributed by atoms with Crippen molar-refractivity contribution >= 4 is 5.84 Å². The first kappa shape index (κ1) is 9.58. The van der Waals surface area contributed by atoms with Crippen LogP contribution in [-0.2, 0) is 6.42 Å². The minimum absolute atomic E-state index is 0.175. The van der Waals surface area contributed by atoms with Crippen molar-refractivity contribution in [2.45, 2.75) is 13.3 Å². The number of nitrogens with two attached hydrogens (primary N) is 1. The Labute approximate surface area is 78.0 Å². The topological polar surface area (TPSA) is 59.1 Å². The molecule has 0 aliphatic heterocycles. The number of hydrogen-bond donors (Lipinski definition) is 2. The molecule has 0 saturated carbocycles. The van der Waals surface area contributed by atoms with Gasteiger partial charge in [0.2, 0.25) is 0 Å². The second kappa shape index (κ2) is 4.50. The lowest BCUT2D eigenvalue weighted by atomic mass is 10.1. The van der Waals surface area contributed by atoms with Gasteiger partial charge in [-0.1, -0.05) is 12.1 Å². The highest BCUT2D eigenvalue weighted by atomic mass is 16.5. The summed E-state index contributed by atoms with van der Waals surface area (Å²) >= 11 is 0.